The van der Waals surface area contributed by atoms with Gasteiger partial charge in [-0.2, -0.15) is 5.10 Å². The number of methoxy groups -OCH3 is 1. The van der Waals surface area contributed by atoms with Gasteiger partial charge in [0.15, 0.2) is 5.69 Å². The second kappa shape index (κ2) is 10.8. The summed E-state index contributed by atoms with van der Waals surface area (Å²) in [6.45, 7) is 0.377. The van der Waals surface area contributed by atoms with Crippen LogP contribution in [0.3, 0.4) is 0 Å². The van der Waals surface area contributed by atoms with Crippen LogP contribution in [0.25, 0.3) is 10.9 Å². The van der Waals surface area contributed by atoms with Gasteiger partial charge in [-0.1, -0.05) is 64.2 Å². The number of hydrogen-bond donors (Lipinski definition) is 0. The van der Waals surface area contributed by atoms with Gasteiger partial charge in [0, 0.05) is 23.0 Å². The lowest BCUT2D eigenvalue weighted by molar-refractivity contribution is 0.0340. The van der Waals surface area contributed by atoms with Gasteiger partial charge in [0.25, 0.3) is 0 Å². The molecule has 3 aliphatic rings. The van der Waals surface area contributed by atoms with Crippen molar-refractivity contribution in [2.75, 3.05) is 13.7 Å². The number of esters is 1. The van der Waals surface area contributed by atoms with Crippen LogP contribution in [0, 0.1) is 11.8 Å². The summed E-state index contributed by atoms with van der Waals surface area (Å²) in [5, 5.41) is 11.3. The van der Waals surface area contributed by atoms with E-state index in [4.69, 9.17) is 49.1 Å². The number of rotatable bonds is 8. The van der Waals surface area contributed by atoms with Gasteiger partial charge >= 0.3 is 5.97 Å². The van der Waals surface area contributed by atoms with Crippen molar-refractivity contribution in [2.24, 2.45) is 24.0 Å². The molecule has 3 aromatic carbocycles. The number of hydrogen-bond acceptors (Lipinski definition) is 6. The summed E-state index contributed by atoms with van der Waals surface area (Å²) in [5.74, 6) is 1.26. The zero-order chi connectivity index (χ0) is 29.1. The predicted octanol–water partition coefficient (Wildman–Crippen LogP) is 7.80. The number of aryl methyl sites for hydroxylation is 1. The van der Waals surface area contributed by atoms with E-state index < -0.39 is 5.97 Å². The van der Waals surface area contributed by atoms with Crippen molar-refractivity contribution in [3.05, 3.63) is 92.0 Å². The molecule has 0 saturated heterocycles. The molecule has 0 bridgehead atoms. The van der Waals surface area contributed by atoms with Crippen LogP contribution in [-0.2, 0) is 16.6 Å². The Bertz CT molecular complexity index is 1730. The lowest BCUT2D eigenvalue weighted by Gasteiger charge is -2.20. The van der Waals surface area contributed by atoms with Crippen LogP contribution in [0.5, 0.6) is 5.75 Å². The first-order chi connectivity index (χ1) is 20.3. The minimum Gasteiger partial charge on any atom is -0.493 e. The molecule has 0 amide bonds. The number of ether oxygens (including phenoxy) is 2. The molecule has 4 aromatic rings. The van der Waals surface area contributed by atoms with Gasteiger partial charge in [0.2, 0.25) is 0 Å². The maximum atomic E-state index is 12.1. The number of nitrogens with zero attached hydrogens (tertiary/aromatic N) is 3. The molecule has 0 spiro atoms. The van der Waals surface area contributed by atoms with Gasteiger partial charge in [-0.3, -0.25) is 4.68 Å². The molecule has 7 rings (SSSR count). The molecule has 4 atom stereocenters. The number of carbonyl (C=O) groups is 1. The molecule has 0 radical (unpaired) electrons. The molecule has 2 heterocycles. The van der Waals surface area contributed by atoms with Gasteiger partial charge in [-0.15, -0.1) is 0 Å². The van der Waals surface area contributed by atoms with Gasteiger partial charge < -0.3 is 14.3 Å². The van der Waals surface area contributed by atoms with Crippen LogP contribution in [0.1, 0.15) is 58.3 Å². The van der Waals surface area contributed by atoms with E-state index in [-0.39, 0.29) is 12.0 Å². The Hall–Kier alpha value is -3.26. The molecule has 10 heteroatoms. The average molecular weight is 625 g/mol. The second-order valence-corrected chi connectivity index (χ2v) is 12.5. The Balaban J connectivity index is 1.06. The average Bonchev–Trinajstić information content (AvgIpc) is 3.91. The van der Waals surface area contributed by atoms with Gasteiger partial charge in [0.1, 0.15) is 24.2 Å². The van der Waals surface area contributed by atoms with E-state index in [1.165, 1.54) is 12.7 Å². The van der Waals surface area contributed by atoms with Gasteiger partial charge in [0.05, 0.1) is 28.6 Å². The Labute approximate surface area is 258 Å². The number of aromatic nitrogens is 2. The first-order valence-corrected chi connectivity index (χ1v) is 15.1. The smallest absolute Gasteiger partial charge is 0.359 e. The number of halogens is 3. The summed E-state index contributed by atoms with van der Waals surface area (Å²) in [7, 11) is 3.20. The van der Waals surface area contributed by atoms with Crippen LogP contribution in [0.4, 0.5) is 0 Å². The van der Waals surface area contributed by atoms with Gasteiger partial charge in [-0.05, 0) is 78.5 Å². The zero-order valence-electron chi connectivity index (χ0n) is 23.0. The van der Waals surface area contributed by atoms with Crippen molar-refractivity contribution < 1.29 is 19.1 Å². The van der Waals surface area contributed by atoms with Gasteiger partial charge in [-0.25, -0.2) is 4.79 Å². The van der Waals surface area contributed by atoms with E-state index in [0.717, 1.165) is 41.4 Å². The maximum absolute atomic E-state index is 12.1. The summed E-state index contributed by atoms with van der Waals surface area (Å²) < 4.78 is 12.9. The first-order valence-electron chi connectivity index (χ1n) is 14.0. The minimum absolute atomic E-state index is 0.0604. The van der Waals surface area contributed by atoms with Crippen LogP contribution in [-0.4, -0.2) is 41.3 Å². The quantitative estimate of drug-likeness (QED) is 0.187. The highest BCUT2D eigenvalue weighted by Crippen LogP contribution is 2.56. The molecule has 2 saturated carbocycles. The first kappa shape index (κ1) is 27.6. The lowest BCUT2D eigenvalue weighted by Crippen LogP contribution is -2.31. The molecule has 4 unspecified atom stereocenters. The third-order valence-corrected chi connectivity index (χ3v) is 9.56. The summed E-state index contributed by atoms with van der Waals surface area (Å²) >= 11 is 19.9. The summed E-state index contributed by atoms with van der Waals surface area (Å²) in [6.07, 6.45) is 3.16. The van der Waals surface area contributed by atoms with Crippen LogP contribution in [0.15, 0.2) is 59.8 Å². The molecule has 0 N–H and O–H groups in total. The molecule has 1 aromatic heterocycles. The number of fused-ring (bicyclic) bond motifs is 1. The largest absolute Gasteiger partial charge is 0.493 e. The third kappa shape index (κ3) is 4.91. The predicted molar refractivity (Wildman–Crippen MR) is 163 cm³/mol. The summed E-state index contributed by atoms with van der Waals surface area (Å²) in [6, 6.07) is 17.5. The molecule has 2 fully saturated rings. The normalized spacial score (nSPS) is 23.0. The fraction of sp³-hybridized carbons (Fsp3) is 0.344. The second-order valence-electron chi connectivity index (χ2n) is 11.3. The van der Waals surface area contributed by atoms with Crippen molar-refractivity contribution in [1.82, 2.24) is 9.78 Å². The van der Waals surface area contributed by atoms with Crippen molar-refractivity contribution in [2.45, 2.75) is 37.2 Å². The highest BCUT2D eigenvalue weighted by Gasteiger charge is 2.46. The fourth-order valence-electron chi connectivity index (χ4n) is 6.15. The van der Waals surface area contributed by atoms with Crippen molar-refractivity contribution in [1.29, 1.82) is 0 Å². The third-order valence-electron chi connectivity index (χ3n) is 8.60. The highest BCUT2D eigenvalue weighted by molar-refractivity contribution is 6.40. The molecule has 42 heavy (non-hydrogen) atoms. The highest BCUT2D eigenvalue weighted by atomic mass is 35.5. The minimum atomic E-state index is -0.438. The Morgan fingerprint density at radius 1 is 1.02 bits per heavy atom. The van der Waals surface area contributed by atoms with Crippen molar-refractivity contribution >= 4 is 57.4 Å². The molecule has 216 valence electrons. The van der Waals surface area contributed by atoms with E-state index in [0.29, 0.717) is 56.4 Å². The van der Waals surface area contributed by atoms with E-state index >= 15 is 0 Å². The SMILES string of the molecule is COC(=O)c1nn(C)c2cc(C3CC3c3ccc(OCC4C(c5c(Cl)cccc5Cl)=NOC4C4CC4)cc3Cl)ccc12. The number of oxime groups is 1. The number of benzene rings is 3. The fourth-order valence-corrected chi connectivity index (χ4v) is 7.05. The summed E-state index contributed by atoms with van der Waals surface area (Å²) in [5.41, 5.74) is 4.95. The van der Waals surface area contributed by atoms with Crippen LogP contribution >= 0.6 is 34.8 Å². The maximum Gasteiger partial charge on any atom is 0.359 e. The molecule has 1 aliphatic heterocycles. The Morgan fingerprint density at radius 3 is 2.52 bits per heavy atom. The van der Waals surface area contributed by atoms with Crippen LogP contribution < -0.4 is 4.74 Å². The van der Waals surface area contributed by atoms with Crippen LogP contribution in [0.2, 0.25) is 15.1 Å². The molecule has 2 aliphatic carbocycles. The van der Waals surface area contributed by atoms with E-state index in [1.54, 1.807) is 4.68 Å². The molecular formula is C32H28Cl3N3O4. The lowest BCUT2D eigenvalue weighted by atomic mass is 9.90. The van der Waals surface area contributed by atoms with E-state index in [1.807, 2.05) is 43.4 Å². The Morgan fingerprint density at radius 2 is 1.81 bits per heavy atom. The standard InChI is InChI=1S/C32H28Cl3N3O4/c1-38-27-12-17(8-10-20(27)30(36-38)32(39)40-2)21-14-22(21)19-11-9-18(13-26(19)35)41-15-23-29(37-42-31(23)16-6-7-16)28-24(33)4-3-5-25(28)34/h3-5,8-13,16,21-23,31H,6-7,14-15H2,1-2H3. The van der Waals surface area contributed by atoms with E-state index in [9.17, 15) is 4.79 Å². The zero-order valence-corrected chi connectivity index (χ0v) is 25.3. The topological polar surface area (TPSA) is 74.9 Å². The van der Waals surface area contributed by atoms with Crippen molar-refractivity contribution in [3.63, 3.8) is 0 Å². The summed E-state index contributed by atoms with van der Waals surface area (Å²) in [4.78, 5) is 18.0. The molecule has 7 nitrogen and oxygen atoms in total. The monoisotopic (exact) mass is 623 g/mol. The van der Waals surface area contributed by atoms with E-state index in [2.05, 4.69) is 28.5 Å². The molecular weight excluding hydrogens is 597 g/mol. The number of carbonyl (C=O) groups excluding carboxylic acids is 1. The van der Waals surface area contributed by atoms with Crippen molar-refractivity contribution in [3.8, 4) is 5.75 Å². The Kier molecular flexibility index (Phi) is 7.08.